The van der Waals surface area contributed by atoms with E-state index in [0.29, 0.717) is 36.5 Å². The van der Waals surface area contributed by atoms with Crippen molar-refractivity contribution >= 4 is 29.1 Å². The molecule has 2 heterocycles. The molecule has 1 aromatic carbocycles. The van der Waals surface area contributed by atoms with Crippen LogP contribution >= 0.6 is 11.6 Å². The number of halogens is 1. The Kier molecular flexibility index (Phi) is 4.90. The van der Waals surface area contributed by atoms with E-state index >= 15 is 0 Å². The van der Waals surface area contributed by atoms with Gasteiger partial charge in [-0.25, -0.2) is 0 Å². The van der Waals surface area contributed by atoms with Crippen molar-refractivity contribution in [1.82, 2.24) is 4.90 Å². The lowest BCUT2D eigenvalue weighted by atomic mass is 9.95. The first-order valence-corrected chi connectivity index (χ1v) is 8.31. The lowest BCUT2D eigenvalue weighted by Gasteiger charge is -2.31. The molecule has 5 nitrogen and oxygen atoms in total. The summed E-state index contributed by atoms with van der Waals surface area (Å²) in [5.74, 6) is -0.166. The number of carbonyl (C=O) groups excluding carboxylic acids is 2. The van der Waals surface area contributed by atoms with Crippen LogP contribution in [0.5, 0.6) is 0 Å². The van der Waals surface area contributed by atoms with Gasteiger partial charge in [-0.05, 0) is 43.5 Å². The Morgan fingerprint density at radius 1 is 1.25 bits per heavy atom. The SMILES string of the molecule is Cc1c(Cl)cccc1NC(=O)C1CCN(C(=O)c2ccoc2)CC1. The molecule has 126 valence electrons. The molecular weight excluding hydrogens is 328 g/mol. The number of piperidine rings is 1. The molecular formula is C18H19ClN2O3. The third-order valence-corrected chi connectivity index (χ3v) is 4.86. The van der Waals surface area contributed by atoms with Crippen LogP contribution in [0.3, 0.4) is 0 Å². The third kappa shape index (κ3) is 3.46. The number of anilines is 1. The smallest absolute Gasteiger partial charge is 0.257 e. The molecule has 1 N–H and O–H groups in total. The fourth-order valence-electron chi connectivity index (χ4n) is 2.89. The molecule has 1 fully saturated rings. The van der Waals surface area contributed by atoms with Gasteiger partial charge in [-0.3, -0.25) is 9.59 Å². The Balaban J connectivity index is 1.57. The number of rotatable bonds is 3. The quantitative estimate of drug-likeness (QED) is 0.921. The van der Waals surface area contributed by atoms with Crippen LogP contribution in [-0.2, 0) is 4.79 Å². The van der Waals surface area contributed by atoms with Crippen LogP contribution in [0.2, 0.25) is 5.02 Å². The summed E-state index contributed by atoms with van der Waals surface area (Å²) in [4.78, 5) is 26.5. The van der Waals surface area contributed by atoms with Gasteiger partial charge < -0.3 is 14.6 Å². The Morgan fingerprint density at radius 3 is 2.67 bits per heavy atom. The summed E-state index contributed by atoms with van der Waals surface area (Å²) < 4.78 is 4.95. The van der Waals surface area contributed by atoms with Gasteiger partial charge in [-0.1, -0.05) is 17.7 Å². The number of hydrogen-bond acceptors (Lipinski definition) is 3. The van der Waals surface area contributed by atoms with Crippen LogP contribution in [0.4, 0.5) is 5.69 Å². The highest BCUT2D eigenvalue weighted by Crippen LogP contribution is 2.25. The number of hydrogen-bond donors (Lipinski definition) is 1. The summed E-state index contributed by atoms with van der Waals surface area (Å²) in [5.41, 5.74) is 2.15. The van der Waals surface area contributed by atoms with E-state index in [9.17, 15) is 9.59 Å². The van der Waals surface area contributed by atoms with E-state index in [0.717, 1.165) is 11.3 Å². The zero-order valence-electron chi connectivity index (χ0n) is 13.4. The van der Waals surface area contributed by atoms with Crippen LogP contribution in [0, 0.1) is 12.8 Å². The van der Waals surface area contributed by atoms with Crippen molar-refractivity contribution in [1.29, 1.82) is 0 Å². The maximum atomic E-state index is 12.5. The molecule has 1 aromatic heterocycles. The van der Waals surface area contributed by atoms with Gasteiger partial charge in [-0.2, -0.15) is 0 Å². The van der Waals surface area contributed by atoms with Crippen molar-refractivity contribution in [3.8, 4) is 0 Å². The standard InChI is InChI=1S/C18H19ClN2O3/c1-12-15(19)3-2-4-16(12)20-17(22)13-5-8-21(9-6-13)18(23)14-7-10-24-11-14/h2-4,7,10-11,13H,5-6,8-9H2,1H3,(H,20,22). The summed E-state index contributed by atoms with van der Waals surface area (Å²) in [7, 11) is 0. The van der Waals surface area contributed by atoms with Gasteiger partial charge in [0.15, 0.2) is 0 Å². The first kappa shape index (κ1) is 16.6. The van der Waals surface area contributed by atoms with Gasteiger partial charge >= 0.3 is 0 Å². The number of likely N-dealkylation sites (tertiary alicyclic amines) is 1. The minimum Gasteiger partial charge on any atom is -0.472 e. The molecule has 1 aliphatic heterocycles. The molecule has 0 atom stereocenters. The number of nitrogens with zero attached hydrogens (tertiary/aromatic N) is 1. The maximum Gasteiger partial charge on any atom is 0.257 e. The van der Waals surface area contributed by atoms with Gasteiger partial charge in [-0.15, -0.1) is 0 Å². The van der Waals surface area contributed by atoms with E-state index in [1.165, 1.54) is 12.5 Å². The number of nitrogens with one attached hydrogen (secondary N) is 1. The number of amides is 2. The monoisotopic (exact) mass is 346 g/mol. The molecule has 0 unspecified atom stereocenters. The number of carbonyl (C=O) groups is 2. The van der Waals surface area contributed by atoms with Crippen molar-refractivity contribution in [2.45, 2.75) is 19.8 Å². The van der Waals surface area contributed by atoms with Crippen LogP contribution in [0.25, 0.3) is 0 Å². The Hall–Kier alpha value is -2.27. The van der Waals surface area contributed by atoms with Gasteiger partial charge in [0.05, 0.1) is 11.8 Å². The van der Waals surface area contributed by atoms with E-state index in [-0.39, 0.29) is 17.7 Å². The van der Waals surface area contributed by atoms with E-state index in [1.807, 2.05) is 19.1 Å². The van der Waals surface area contributed by atoms with Crippen molar-refractivity contribution in [3.05, 3.63) is 52.9 Å². The highest BCUT2D eigenvalue weighted by molar-refractivity contribution is 6.31. The van der Waals surface area contributed by atoms with E-state index in [2.05, 4.69) is 5.32 Å². The molecule has 1 aliphatic rings. The topological polar surface area (TPSA) is 62.6 Å². The van der Waals surface area contributed by atoms with Gasteiger partial charge in [0.25, 0.3) is 5.91 Å². The highest BCUT2D eigenvalue weighted by Gasteiger charge is 2.28. The first-order valence-electron chi connectivity index (χ1n) is 7.93. The summed E-state index contributed by atoms with van der Waals surface area (Å²) in [5, 5.41) is 3.58. The zero-order chi connectivity index (χ0) is 17.1. The second-order valence-corrected chi connectivity index (χ2v) is 6.39. The normalized spacial score (nSPS) is 15.3. The third-order valence-electron chi connectivity index (χ3n) is 4.45. The van der Waals surface area contributed by atoms with Gasteiger partial charge in [0.1, 0.15) is 6.26 Å². The van der Waals surface area contributed by atoms with Crippen molar-refractivity contribution in [3.63, 3.8) is 0 Å². The van der Waals surface area contributed by atoms with E-state index in [4.69, 9.17) is 16.0 Å². The largest absolute Gasteiger partial charge is 0.472 e. The molecule has 6 heteroatoms. The van der Waals surface area contributed by atoms with E-state index < -0.39 is 0 Å². The lowest BCUT2D eigenvalue weighted by Crippen LogP contribution is -2.41. The average Bonchev–Trinajstić information content (AvgIpc) is 3.13. The summed E-state index contributed by atoms with van der Waals surface area (Å²) in [6.07, 6.45) is 4.23. The minimum atomic E-state index is -0.100. The Morgan fingerprint density at radius 2 is 2.00 bits per heavy atom. The fourth-order valence-corrected chi connectivity index (χ4v) is 3.07. The van der Waals surface area contributed by atoms with Crippen molar-refractivity contribution in [2.75, 3.05) is 18.4 Å². The molecule has 2 aromatic rings. The average molecular weight is 347 g/mol. The fraction of sp³-hybridized carbons (Fsp3) is 0.333. The predicted octanol–water partition coefficient (Wildman–Crippen LogP) is 3.73. The maximum absolute atomic E-state index is 12.5. The Bertz CT molecular complexity index is 735. The van der Waals surface area contributed by atoms with Crippen LogP contribution in [0.15, 0.2) is 41.2 Å². The van der Waals surface area contributed by atoms with Crippen LogP contribution in [0.1, 0.15) is 28.8 Å². The predicted molar refractivity (Wildman–Crippen MR) is 92.2 cm³/mol. The zero-order valence-corrected chi connectivity index (χ0v) is 14.2. The summed E-state index contributed by atoms with van der Waals surface area (Å²) >= 11 is 6.08. The van der Waals surface area contributed by atoms with Crippen LogP contribution in [-0.4, -0.2) is 29.8 Å². The van der Waals surface area contributed by atoms with Gasteiger partial charge in [0, 0.05) is 29.7 Å². The second-order valence-electron chi connectivity index (χ2n) is 5.98. The summed E-state index contributed by atoms with van der Waals surface area (Å²) in [6.45, 7) is 3.01. The molecule has 0 bridgehead atoms. The molecule has 0 spiro atoms. The molecule has 0 aliphatic carbocycles. The van der Waals surface area contributed by atoms with Crippen LogP contribution < -0.4 is 5.32 Å². The van der Waals surface area contributed by atoms with E-state index in [1.54, 1.807) is 17.0 Å². The second kappa shape index (κ2) is 7.09. The Labute approximate surface area is 145 Å². The molecule has 2 amide bonds. The minimum absolute atomic E-state index is 0.0178. The molecule has 0 radical (unpaired) electrons. The number of furan rings is 1. The molecule has 3 rings (SSSR count). The summed E-state index contributed by atoms with van der Waals surface area (Å²) in [6, 6.07) is 7.11. The molecule has 0 saturated carbocycles. The van der Waals surface area contributed by atoms with Crippen molar-refractivity contribution < 1.29 is 14.0 Å². The van der Waals surface area contributed by atoms with Crippen molar-refractivity contribution in [2.24, 2.45) is 5.92 Å². The first-order chi connectivity index (χ1) is 11.6. The van der Waals surface area contributed by atoms with Gasteiger partial charge in [0.2, 0.25) is 5.91 Å². The number of benzene rings is 1. The molecule has 24 heavy (non-hydrogen) atoms. The highest BCUT2D eigenvalue weighted by atomic mass is 35.5. The molecule has 1 saturated heterocycles. The lowest BCUT2D eigenvalue weighted by molar-refractivity contribution is -0.121.